The molecule has 0 spiro atoms. The van der Waals surface area contributed by atoms with Gasteiger partial charge in [0.05, 0.1) is 7.11 Å². The third kappa shape index (κ3) is 3.93. The van der Waals surface area contributed by atoms with Gasteiger partial charge in [0, 0.05) is 12.6 Å². The lowest BCUT2D eigenvalue weighted by molar-refractivity contribution is -0.149. The van der Waals surface area contributed by atoms with Crippen molar-refractivity contribution in [1.29, 1.82) is 0 Å². The number of carbonyl (C=O) groups is 1. The molecule has 4 heteroatoms. The lowest BCUT2D eigenvalue weighted by Crippen LogP contribution is -2.59. The fourth-order valence-electron chi connectivity index (χ4n) is 3.07. The van der Waals surface area contributed by atoms with Gasteiger partial charge in [-0.25, -0.2) is 0 Å². The maximum absolute atomic E-state index is 12.1. The van der Waals surface area contributed by atoms with Gasteiger partial charge in [0.1, 0.15) is 5.54 Å². The van der Waals surface area contributed by atoms with Crippen LogP contribution in [0.5, 0.6) is 0 Å². The average Bonchev–Trinajstić information content (AvgIpc) is 3.22. The molecule has 0 radical (unpaired) electrons. The smallest absolute Gasteiger partial charge is 0.327 e. The molecular weight excluding hydrogens is 240 g/mol. The molecule has 4 nitrogen and oxygen atoms in total. The van der Waals surface area contributed by atoms with E-state index in [9.17, 15) is 4.79 Å². The Morgan fingerprint density at radius 1 is 1.32 bits per heavy atom. The largest absolute Gasteiger partial charge is 0.468 e. The van der Waals surface area contributed by atoms with Gasteiger partial charge in [-0.15, -0.1) is 0 Å². The van der Waals surface area contributed by atoms with Crippen molar-refractivity contribution >= 4 is 5.97 Å². The fraction of sp³-hybridized carbons (Fsp3) is 0.933. The molecule has 0 bridgehead atoms. The Morgan fingerprint density at radius 2 is 1.95 bits per heavy atom. The Bertz CT molecular complexity index is 309. The summed E-state index contributed by atoms with van der Waals surface area (Å²) in [5.41, 5.74) is -0.547. The molecule has 1 atom stereocenters. The van der Waals surface area contributed by atoms with E-state index in [4.69, 9.17) is 4.74 Å². The SMILES string of the molecule is CCC1CCN(CC(C)(NC2CC2)C(=O)OC)CC1. The van der Waals surface area contributed by atoms with E-state index < -0.39 is 5.54 Å². The molecule has 1 saturated carbocycles. The van der Waals surface area contributed by atoms with E-state index >= 15 is 0 Å². The minimum Gasteiger partial charge on any atom is -0.468 e. The van der Waals surface area contributed by atoms with Crippen molar-refractivity contribution in [3.63, 3.8) is 0 Å². The molecule has 0 aromatic rings. The van der Waals surface area contributed by atoms with Crippen LogP contribution in [0.3, 0.4) is 0 Å². The lowest BCUT2D eigenvalue weighted by Gasteiger charge is -2.38. The van der Waals surface area contributed by atoms with E-state index in [-0.39, 0.29) is 5.97 Å². The normalized spacial score (nSPS) is 25.0. The van der Waals surface area contributed by atoms with Crippen LogP contribution in [0, 0.1) is 5.92 Å². The summed E-state index contributed by atoms with van der Waals surface area (Å²) in [7, 11) is 1.48. The number of nitrogens with one attached hydrogen (secondary N) is 1. The molecule has 19 heavy (non-hydrogen) atoms. The van der Waals surface area contributed by atoms with E-state index in [1.54, 1.807) is 0 Å². The number of rotatable bonds is 6. The van der Waals surface area contributed by atoms with E-state index in [0.717, 1.165) is 25.6 Å². The minimum absolute atomic E-state index is 0.128. The van der Waals surface area contributed by atoms with Crippen molar-refractivity contribution in [2.24, 2.45) is 5.92 Å². The van der Waals surface area contributed by atoms with Crippen molar-refractivity contribution < 1.29 is 9.53 Å². The fourth-order valence-corrected chi connectivity index (χ4v) is 3.07. The summed E-state index contributed by atoms with van der Waals surface area (Å²) in [4.78, 5) is 14.5. The zero-order chi connectivity index (χ0) is 13.9. The highest BCUT2D eigenvalue weighted by atomic mass is 16.5. The number of hydrogen-bond donors (Lipinski definition) is 1. The van der Waals surface area contributed by atoms with Crippen LogP contribution in [-0.2, 0) is 9.53 Å². The zero-order valence-electron chi connectivity index (χ0n) is 12.6. The maximum Gasteiger partial charge on any atom is 0.327 e. The molecule has 110 valence electrons. The van der Waals surface area contributed by atoms with E-state index in [2.05, 4.69) is 17.1 Å². The minimum atomic E-state index is -0.547. The first-order valence-electron chi connectivity index (χ1n) is 7.66. The molecule has 0 aromatic heterocycles. The monoisotopic (exact) mass is 268 g/mol. The average molecular weight is 268 g/mol. The summed E-state index contributed by atoms with van der Waals surface area (Å²) in [5.74, 6) is 0.744. The predicted octanol–water partition coefficient (Wildman–Crippen LogP) is 1.79. The number of hydrogen-bond acceptors (Lipinski definition) is 4. The van der Waals surface area contributed by atoms with Gasteiger partial charge in [-0.3, -0.25) is 10.1 Å². The van der Waals surface area contributed by atoms with Gasteiger partial charge < -0.3 is 9.64 Å². The van der Waals surface area contributed by atoms with E-state index in [0.29, 0.717) is 6.04 Å². The van der Waals surface area contributed by atoms with E-state index in [1.807, 2.05) is 6.92 Å². The highest BCUT2D eigenvalue weighted by Gasteiger charge is 2.41. The molecule has 2 rings (SSSR count). The zero-order valence-corrected chi connectivity index (χ0v) is 12.6. The summed E-state index contributed by atoms with van der Waals surface area (Å²) in [6.45, 7) is 7.25. The highest BCUT2D eigenvalue weighted by molar-refractivity contribution is 5.80. The number of likely N-dealkylation sites (tertiary alicyclic amines) is 1. The third-order valence-electron chi connectivity index (χ3n) is 4.56. The van der Waals surface area contributed by atoms with Gasteiger partial charge in [-0.2, -0.15) is 0 Å². The van der Waals surface area contributed by atoms with E-state index in [1.165, 1.54) is 39.2 Å². The van der Waals surface area contributed by atoms with Gasteiger partial charge in [-0.05, 0) is 51.6 Å². The van der Waals surface area contributed by atoms with Crippen LogP contribution >= 0.6 is 0 Å². The van der Waals surface area contributed by atoms with Crippen LogP contribution in [0.1, 0.15) is 46.0 Å². The second kappa shape index (κ2) is 6.23. The topological polar surface area (TPSA) is 41.6 Å². The molecule has 0 aromatic carbocycles. The second-order valence-corrected chi connectivity index (χ2v) is 6.37. The molecule has 1 saturated heterocycles. The van der Waals surface area contributed by atoms with Crippen LogP contribution in [0.2, 0.25) is 0 Å². The Balaban J connectivity index is 1.90. The molecule has 1 aliphatic heterocycles. The van der Waals surface area contributed by atoms with Crippen LogP contribution in [0.25, 0.3) is 0 Å². The van der Waals surface area contributed by atoms with Crippen LogP contribution < -0.4 is 5.32 Å². The van der Waals surface area contributed by atoms with Crippen molar-refractivity contribution in [3.8, 4) is 0 Å². The van der Waals surface area contributed by atoms with Crippen molar-refractivity contribution in [2.45, 2.75) is 57.5 Å². The van der Waals surface area contributed by atoms with Gasteiger partial charge >= 0.3 is 5.97 Å². The summed E-state index contributed by atoms with van der Waals surface area (Å²) < 4.78 is 5.00. The number of piperidine rings is 1. The number of nitrogens with zero attached hydrogens (tertiary/aromatic N) is 1. The van der Waals surface area contributed by atoms with Crippen molar-refractivity contribution in [1.82, 2.24) is 10.2 Å². The maximum atomic E-state index is 12.1. The predicted molar refractivity (Wildman–Crippen MR) is 76.0 cm³/mol. The van der Waals surface area contributed by atoms with Crippen molar-refractivity contribution in [3.05, 3.63) is 0 Å². The third-order valence-corrected chi connectivity index (χ3v) is 4.56. The number of carbonyl (C=O) groups excluding carboxylic acids is 1. The summed E-state index contributed by atoms with van der Waals surface area (Å²) >= 11 is 0. The second-order valence-electron chi connectivity index (χ2n) is 6.37. The molecule has 1 heterocycles. The Labute approximate surface area is 116 Å². The Morgan fingerprint density at radius 3 is 2.42 bits per heavy atom. The van der Waals surface area contributed by atoms with Gasteiger partial charge in [-0.1, -0.05) is 13.3 Å². The Hall–Kier alpha value is -0.610. The summed E-state index contributed by atoms with van der Waals surface area (Å²) in [6, 6.07) is 0.511. The first-order chi connectivity index (χ1) is 9.07. The summed E-state index contributed by atoms with van der Waals surface area (Å²) in [6.07, 6.45) is 6.17. The van der Waals surface area contributed by atoms with Gasteiger partial charge in [0.15, 0.2) is 0 Å². The first-order valence-corrected chi connectivity index (χ1v) is 7.66. The van der Waals surface area contributed by atoms with Crippen LogP contribution in [0.4, 0.5) is 0 Å². The summed E-state index contributed by atoms with van der Waals surface area (Å²) in [5, 5.41) is 3.47. The molecule has 2 fully saturated rings. The Kier molecular flexibility index (Phi) is 4.85. The first kappa shape index (κ1) is 14.8. The van der Waals surface area contributed by atoms with Gasteiger partial charge in [0.25, 0.3) is 0 Å². The van der Waals surface area contributed by atoms with Crippen LogP contribution in [-0.4, -0.2) is 49.2 Å². The number of esters is 1. The molecule has 1 unspecified atom stereocenters. The molecule has 2 aliphatic rings. The molecule has 1 aliphatic carbocycles. The molecule has 0 amide bonds. The number of ether oxygens (including phenoxy) is 1. The van der Waals surface area contributed by atoms with Gasteiger partial charge in [0.2, 0.25) is 0 Å². The lowest BCUT2D eigenvalue weighted by atomic mass is 9.92. The van der Waals surface area contributed by atoms with Crippen molar-refractivity contribution in [2.75, 3.05) is 26.7 Å². The standard InChI is InChI=1S/C15H28N2O2/c1-4-12-7-9-17(10-8-12)11-15(2,14(18)19-3)16-13-5-6-13/h12-13,16H,4-11H2,1-3H3. The van der Waals surface area contributed by atoms with Crippen LogP contribution in [0.15, 0.2) is 0 Å². The molecular formula is C15H28N2O2. The quantitative estimate of drug-likeness (QED) is 0.746. The molecule has 1 N–H and O–H groups in total. The number of methoxy groups -OCH3 is 1. The highest BCUT2D eigenvalue weighted by Crippen LogP contribution is 2.26.